The summed E-state index contributed by atoms with van der Waals surface area (Å²) >= 11 is 8.09. The maximum atomic E-state index is 12.8. The zero-order valence-corrected chi connectivity index (χ0v) is 20.8. The van der Waals surface area contributed by atoms with E-state index in [0.717, 1.165) is 38.8 Å². The highest BCUT2D eigenvalue weighted by Gasteiger charge is 2.24. The third-order valence-electron chi connectivity index (χ3n) is 5.94. The zero-order valence-electron chi connectivity index (χ0n) is 19.2. The van der Waals surface area contributed by atoms with E-state index in [1.54, 1.807) is 11.8 Å². The first-order chi connectivity index (χ1) is 17.0. The number of carbonyl (C=O) groups excluding carboxylic acids is 1. The van der Waals surface area contributed by atoms with Crippen LogP contribution in [0.4, 0.5) is 22.7 Å². The third kappa shape index (κ3) is 4.78. The van der Waals surface area contributed by atoms with Crippen LogP contribution in [0.15, 0.2) is 107 Å². The monoisotopic (exact) mass is 497 g/mol. The van der Waals surface area contributed by atoms with E-state index in [1.165, 1.54) is 4.90 Å². The van der Waals surface area contributed by atoms with Crippen LogP contribution in [0, 0.1) is 0 Å². The van der Waals surface area contributed by atoms with Crippen LogP contribution in [0.3, 0.4) is 0 Å². The molecule has 1 aliphatic heterocycles. The fraction of sp³-hybridized carbons (Fsp3) is 0.0690. The third-order valence-corrected chi connectivity index (χ3v) is 7.30. The molecule has 0 spiro atoms. The number of nitrogens with zero attached hydrogens (tertiary/aromatic N) is 1. The highest BCUT2D eigenvalue weighted by molar-refractivity contribution is 7.99. The van der Waals surface area contributed by atoms with Crippen molar-refractivity contribution in [1.29, 1.82) is 0 Å². The number of anilines is 4. The van der Waals surface area contributed by atoms with Crippen molar-refractivity contribution in [2.45, 2.75) is 9.79 Å². The van der Waals surface area contributed by atoms with Crippen LogP contribution in [0.5, 0.6) is 0 Å². The molecule has 35 heavy (non-hydrogen) atoms. The number of carbonyl (C=O) groups is 1. The number of halogens is 1. The second-order valence-electron chi connectivity index (χ2n) is 8.20. The molecule has 0 aliphatic carbocycles. The molecule has 0 saturated heterocycles. The van der Waals surface area contributed by atoms with E-state index in [9.17, 15) is 4.79 Å². The van der Waals surface area contributed by atoms with Crippen molar-refractivity contribution in [3.05, 3.63) is 114 Å². The highest BCUT2D eigenvalue weighted by Crippen LogP contribution is 2.49. The molecule has 2 N–H and O–H groups in total. The molecule has 0 radical (unpaired) electrons. The van der Waals surface area contributed by atoms with Gasteiger partial charge in [-0.05, 0) is 65.7 Å². The van der Waals surface area contributed by atoms with Gasteiger partial charge in [-0.2, -0.15) is 0 Å². The Morgan fingerprint density at radius 1 is 0.857 bits per heavy atom. The van der Waals surface area contributed by atoms with Crippen molar-refractivity contribution in [3.8, 4) is 0 Å². The number of para-hydroxylation sites is 3. The standard InChI is InChI=1S/C29H24ClN3OS/c1-19(18-33-25-9-5-6-10-27(25)35-28-16-15-22(30)17-26(28)33)20-11-13-21(14-12-20)29(34)32-24-8-4-3-7-23(24)31-2/h3-17,31H,1,18H2,2H3,(H,32,34). The Hall–Kier alpha value is -3.67. The Bertz CT molecular complexity index is 1420. The molecule has 0 saturated carbocycles. The lowest BCUT2D eigenvalue weighted by Crippen LogP contribution is -2.22. The predicted molar refractivity (Wildman–Crippen MR) is 148 cm³/mol. The summed E-state index contributed by atoms with van der Waals surface area (Å²) in [5, 5.41) is 6.77. The van der Waals surface area contributed by atoms with Gasteiger partial charge in [0.15, 0.2) is 0 Å². The van der Waals surface area contributed by atoms with Gasteiger partial charge in [-0.3, -0.25) is 4.79 Å². The van der Waals surface area contributed by atoms with Crippen LogP contribution in [-0.2, 0) is 0 Å². The molecule has 6 heteroatoms. The molecule has 4 nitrogen and oxygen atoms in total. The Balaban J connectivity index is 1.36. The fourth-order valence-electron chi connectivity index (χ4n) is 4.12. The van der Waals surface area contributed by atoms with E-state index in [4.69, 9.17) is 11.6 Å². The fourth-order valence-corrected chi connectivity index (χ4v) is 5.36. The van der Waals surface area contributed by atoms with Crippen molar-refractivity contribution in [2.24, 2.45) is 0 Å². The van der Waals surface area contributed by atoms with E-state index in [2.05, 4.69) is 46.4 Å². The van der Waals surface area contributed by atoms with Crippen molar-refractivity contribution in [3.63, 3.8) is 0 Å². The molecule has 0 fully saturated rings. The molecule has 0 bridgehead atoms. The molecule has 4 aromatic rings. The van der Waals surface area contributed by atoms with E-state index in [-0.39, 0.29) is 5.91 Å². The summed E-state index contributed by atoms with van der Waals surface area (Å²) in [6, 6.07) is 29.5. The number of hydrogen-bond donors (Lipinski definition) is 2. The van der Waals surface area contributed by atoms with Crippen LogP contribution in [0.2, 0.25) is 5.02 Å². The van der Waals surface area contributed by atoms with Crippen LogP contribution in [0.25, 0.3) is 5.57 Å². The summed E-state index contributed by atoms with van der Waals surface area (Å²) in [5.41, 5.74) is 6.33. The largest absolute Gasteiger partial charge is 0.386 e. The van der Waals surface area contributed by atoms with Crippen molar-refractivity contribution >= 4 is 57.6 Å². The summed E-state index contributed by atoms with van der Waals surface area (Å²) in [6.07, 6.45) is 0. The van der Waals surface area contributed by atoms with Gasteiger partial charge in [0, 0.05) is 34.0 Å². The molecule has 0 atom stereocenters. The zero-order chi connectivity index (χ0) is 24.4. The molecular formula is C29H24ClN3OS. The van der Waals surface area contributed by atoms with E-state index < -0.39 is 0 Å². The summed E-state index contributed by atoms with van der Waals surface area (Å²) < 4.78 is 0. The normalized spacial score (nSPS) is 11.9. The smallest absolute Gasteiger partial charge is 0.255 e. The lowest BCUT2D eigenvalue weighted by molar-refractivity contribution is 0.102. The van der Waals surface area contributed by atoms with Gasteiger partial charge in [-0.15, -0.1) is 0 Å². The number of amides is 1. The molecule has 1 aliphatic rings. The lowest BCUT2D eigenvalue weighted by Gasteiger charge is -2.33. The molecule has 0 aromatic heterocycles. The van der Waals surface area contributed by atoms with Gasteiger partial charge < -0.3 is 15.5 Å². The minimum Gasteiger partial charge on any atom is -0.386 e. The average molecular weight is 498 g/mol. The quantitative estimate of drug-likeness (QED) is 0.283. The van der Waals surface area contributed by atoms with Gasteiger partial charge in [0.25, 0.3) is 5.91 Å². The maximum Gasteiger partial charge on any atom is 0.255 e. The second-order valence-corrected chi connectivity index (χ2v) is 9.72. The van der Waals surface area contributed by atoms with Crippen molar-refractivity contribution < 1.29 is 4.79 Å². The van der Waals surface area contributed by atoms with Gasteiger partial charge in [0.2, 0.25) is 0 Å². The summed E-state index contributed by atoms with van der Waals surface area (Å²) in [4.78, 5) is 17.4. The number of hydrogen-bond acceptors (Lipinski definition) is 4. The molecule has 0 unspecified atom stereocenters. The highest BCUT2D eigenvalue weighted by atomic mass is 35.5. The molecule has 4 aromatic carbocycles. The second kappa shape index (κ2) is 9.90. The Morgan fingerprint density at radius 2 is 1.51 bits per heavy atom. The topological polar surface area (TPSA) is 44.4 Å². The Labute approximate surface area is 214 Å². The van der Waals surface area contributed by atoms with Gasteiger partial charge in [-0.25, -0.2) is 0 Å². The Morgan fingerprint density at radius 3 is 2.29 bits per heavy atom. The molecule has 1 heterocycles. The lowest BCUT2D eigenvalue weighted by atomic mass is 10.0. The van der Waals surface area contributed by atoms with Crippen LogP contribution >= 0.6 is 23.4 Å². The van der Waals surface area contributed by atoms with Gasteiger partial charge in [0.05, 0.1) is 22.7 Å². The van der Waals surface area contributed by atoms with Crippen molar-refractivity contribution in [1.82, 2.24) is 0 Å². The molecule has 174 valence electrons. The number of rotatable bonds is 6. The van der Waals surface area contributed by atoms with Crippen LogP contribution in [-0.4, -0.2) is 19.5 Å². The van der Waals surface area contributed by atoms with Crippen molar-refractivity contribution in [2.75, 3.05) is 29.1 Å². The summed E-state index contributed by atoms with van der Waals surface area (Å²) in [6.45, 7) is 4.97. The van der Waals surface area contributed by atoms with E-state index in [0.29, 0.717) is 17.1 Å². The summed E-state index contributed by atoms with van der Waals surface area (Å²) in [7, 11) is 1.83. The maximum absolute atomic E-state index is 12.8. The van der Waals surface area contributed by atoms with Gasteiger partial charge in [0.1, 0.15) is 0 Å². The van der Waals surface area contributed by atoms with Gasteiger partial charge in [-0.1, -0.05) is 66.3 Å². The first-order valence-electron chi connectivity index (χ1n) is 11.2. The SMILES string of the molecule is C=C(CN1c2ccccc2Sc2ccc(Cl)cc21)c1ccc(C(=O)Nc2ccccc2NC)cc1. The number of benzene rings is 4. The van der Waals surface area contributed by atoms with E-state index >= 15 is 0 Å². The van der Waals surface area contributed by atoms with E-state index in [1.807, 2.05) is 73.8 Å². The summed E-state index contributed by atoms with van der Waals surface area (Å²) in [5.74, 6) is -0.157. The first-order valence-corrected chi connectivity index (χ1v) is 12.4. The minimum atomic E-state index is -0.157. The number of nitrogens with one attached hydrogen (secondary N) is 2. The first kappa shape index (κ1) is 23.1. The van der Waals surface area contributed by atoms with Crippen LogP contribution < -0.4 is 15.5 Å². The molecule has 1 amide bonds. The Kier molecular flexibility index (Phi) is 6.53. The predicted octanol–water partition coefficient (Wildman–Crippen LogP) is 7.95. The minimum absolute atomic E-state index is 0.157. The van der Waals surface area contributed by atoms with Gasteiger partial charge >= 0.3 is 0 Å². The molecular weight excluding hydrogens is 474 g/mol. The number of fused-ring (bicyclic) bond motifs is 2. The molecule has 5 rings (SSSR count). The van der Waals surface area contributed by atoms with Crippen LogP contribution in [0.1, 0.15) is 15.9 Å². The average Bonchev–Trinajstić information content (AvgIpc) is 2.89.